The average molecular weight is 223 g/mol. The first kappa shape index (κ1) is 10.8. The maximum Gasteiger partial charge on any atom is 0.133 e. The predicted molar refractivity (Wildman–Crippen MR) is 63.0 cm³/mol. The second-order valence-corrected chi connectivity index (χ2v) is 5.10. The van der Waals surface area contributed by atoms with Gasteiger partial charge < -0.3 is 0 Å². The lowest BCUT2D eigenvalue weighted by molar-refractivity contribution is -0.121. The molecule has 1 heterocycles. The fourth-order valence-electron chi connectivity index (χ4n) is 2.17. The van der Waals surface area contributed by atoms with Crippen molar-refractivity contribution in [2.75, 3.05) is 7.05 Å². The molecule has 3 heteroatoms. The molecule has 1 saturated carbocycles. The zero-order chi connectivity index (χ0) is 10.7. The molecule has 15 heavy (non-hydrogen) atoms. The molecule has 1 aliphatic rings. The van der Waals surface area contributed by atoms with Crippen LogP contribution in [0.1, 0.15) is 31.2 Å². The molecule has 1 aliphatic carbocycles. The van der Waals surface area contributed by atoms with Crippen LogP contribution in [0.5, 0.6) is 0 Å². The van der Waals surface area contributed by atoms with Gasteiger partial charge in [0.2, 0.25) is 0 Å². The van der Waals surface area contributed by atoms with E-state index in [0.29, 0.717) is 11.8 Å². The van der Waals surface area contributed by atoms with Crippen LogP contribution in [0.3, 0.4) is 0 Å². The summed E-state index contributed by atoms with van der Waals surface area (Å²) in [5, 5.41) is 4.32. The summed E-state index contributed by atoms with van der Waals surface area (Å²) in [5.74, 6) is 0.440. The fourth-order valence-corrected chi connectivity index (χ4v) is 2.82. The summed E-state index contributed by atoms with van der Waals surface area (Å²) in [7, 11) is 2.16. The molecule has 0 saturated heterocycles. The average Bonchev–Trinajstić information content (AvgIpc) is 2.71. The van der Waals surface area contributed by atoms with Crippen molar-refractivity contribution in [2.45, 2.75) is 38.3 Å². The van der Waals surface area contributed by atoms with E-state index in [1.165, 1.54) is 5.56 Å². The zero-order valence-electron chi connectivity index (χ0n) is 9.11. The van der Waals surface area contributed by atoms with E-state index in [0.717, 1.165) is 32.2 Å². The Morgan fingerprint density at radius 3 is 2.80 bits per heavy atom. The smallest absolute Gasteiger partial charge is 0.133 e. The van der Waals surface area contributed by atoms with Crippen LogP contribution >= 0.6 is 11.3 Å². The van der Waals surface area contributed by atoms with Crippen molar-refractivity contribution in [3.8, 4) is 0 Å². The fraction of sp³-hybridized carbons (Fsp3) is 0.583. The third kappa shape index (κ3) is 2.89. The summed E-state index contributed by atoms with van der Waals surface area (Å²) in [4.78, 5) is 13.5. The maximum absolute atomic E-state index is 11.1. The highest BCUT2D eigenvalue weighted by Gasteiger charge is 2.21. The first-order valence-electron chi connectivity index (χ1n) is 5.49. The van der Waals surface area contributed by atoms with Crippen molar-refractivity contribution in [1.29, 1.82) is 0 Å². The van der Waals surface area contributed by atoms with Crippen LogP contribution in [0.15, 0.2) is 16.8 Å². The van der Waals surface area contributed by atoms with Crippen molar-refractivity contribution < 1.29 is 4.79 Å². The normalized spacial score (nSPS) is 18.7. The zero-order valence-corrected chi connectivity index (χ0v) is 9.93. The first-order valence-corrected chi connectivity index (χ1v) is 6.43. The van der Waals surface area contributed by atoms with E-state index >= 15 is 0 Å². The van der Waals surface area contributed by atoms with E-state index in [4.69, 9.17) is 0 Å². The highest BCUT2D eigenvalue weighted by Crippen LogP contribution is 2.21. The van der Waals surface area contributed by atoms with Crippen LogP contribution in [-0.2, 0) is 11.3 Å². The molecule has 0 bridgehead atoms. The van der Waals surface area contributed by atoms with Gasteiger partial charge >= 0.3 is 0 Å². The Labute approximate surface area is 94.9 Å². The lowest BCUT2D eigenvalue weighted by Gasteiger charge is -2.30. The molecule has 0 N–H and O–H groups in total. The molecule has 1 aromatic rings. The molecule has 0 amide bonds. The van der Waals surface area contributed by atoms with Crippen molar-refractivity contribution >= 4 is 17.1 Å². The number of rotatable bonds is 3. The van der Waals surface area contributed by atoms with Gasteiger partial charge in [-0.05, 0) is 42.3 Å². The van der Waals surface area contributed by atoms with Crippen LogP contribution in [0.4, 0.5) is 0 Å². The molecule has 2 rings (SSSR count). The summed E-state index contributed by atoms with van der Waals surface area (Å²) in [6, 6.07) is 2.78. The van der Waals surface area contributed by atoms with Gasteiger partial charge in [-0.25, -0.2) is 0 Å². The second kappa shape index (κ2) is 4.90. The third-order valence-corrected chi connectivity index (χ3v) is 3.88. The van der Waals surface area contributed by atoms with E-state index in [-0.39, 0.29) is 0 Å². The summed E-state index contributed by atoms with van der Waals surface area (Å²) in [6.45, 7) is 1.02. The number of Topliss-reactive ketones (excluding diaryl/α,β-unsaturated/α-hetero) is 1. The molecule has 2 nitrogen and oxygen atoms in total. The second-order valence-electron chi connectivity index (χ2n) is 4.32. The Morgan fingerprint density at radius 1 is 1.47 bits per heavy atom. The van der Waals surface area contributed by atoms with Gasteiger partial charge in [0.25, 0.3) is 0 Å². The minimum Gasteiger partial charge on any atom is -0.300 e. The molecule has 82 valence electrons. The van der Waals surface area contributed by atoms with E-state index in [2.05, 4.69) is 28.8 Å². The van der Waals surface area contributed by atoms with Gasteiger partial charge in [0.15, 0.2) is 0 Å². The number of ketones is 1. The Morgan fingerprint density at radius 2 is 2.20 bits per heavy atom. The number of hydrogen-bond donors (Lipinski definition) is 0. The van der Waals surface area contributed by atoms with Crippen molar-refractivity contribution in [3.63, 3.8) is 0 Å². The van der Waals surface area contributed by atoms with E-state index in [1.54, 1.807) is 11.3 Å². The van der Waals surface area contributed by atoms with Crippen molar-refractivity contribution in [3.05, 3.63) is 22.4 Å². The van der Waals surface area contributed by atoms with Gasteiger partial charge in [-0.3, -0.25) is 9.69 Å². The Hall–Kier alpha value is -0.670. The van der Waals surface area contributed by atoms with Gasteiger partial charge in [0.05, 0.1) is 0 Å². The molecule has 0 aliphatic heterocycles. The van der Waals surface area contributed by atoms with Crippen LogP contribution in [-0.4, -0.2) is 23.8 Å². The van der Waals surface area contributed by atoms with Gasteiger partial charge in [0.1, 0.15) is 5.78 Å². The molecule has 1 aromatic heterocycles. The van der Waals surface area contributed by atoms with Gasteiger partial charge in [-0.15, -0.1) is 0 Å². The topological polar surface area (TPSA) is 20.3 Å². The highest BCUT2D eigenvalue weighted by atomic mass is 32.1. The Balaban J connectivity index is 1.85. The molecule has 1 fully saturated rings. The predicted octanol–water partition coefficient (Wildman–Crippen LogP) is 2.69. The summed E-state index contributed by atoms with van der Waals surface area (Å²) in [5.41, 5.74) is 1.39. The van der Waals surface area contributed by atoms with Gasteiger partial charge in [0, 0.05) is 25.4 Å². The molecule has 0 spiro atoms. The third-order valence-electron chi connectivity index (χ3n) is 3.15. The lowest BCUT2D eigenvalue weighted by Crippen LogP contribution is -2.34. The number of carbonyl (C=O) groups excluding carboxylic acids is 1. The van der Waals surface area contributed by atoms with Crippen LogP contribution in [0.25, 0.3) is 0 Å². The van der Waals surface area contributed by atoms with Gasteiger partial charge in [-0.1, -0.05) is 0 Å². The molecule has 0 aromatic carbocycles. The van der Waals surface area contributed by atoms with Crippen LogP contribution < -0.4 is 0 Å². The van der Waals surface area contributed by atoms with E-state index in [1.807, 2.05) is 0 Å². The molecule has 0 radical (unpaired) electrons. The molecule has 0 unspecified atom stereocenters. The monoisotopic (exact) mass is 223 g/mol. The Bertz CT molecular complexity index is 310. The quantitative estimate of drug-likeness (QED) is 0.785. The van der Waals surface area contributed by atoms with Gasteiger partial charge in [-0.2, -0.15) is 11.3 Å². The minimum absolute atomic E-state index is 0.440. The first-order chi connectivity index (χ1) is 7.25. The van der Waals surface area contributed by atoms with E-state index < -0.39 is 0 Å². The SMILES string of the molecule is CN(Cc1ccsc1)C1CCC(=O)CC1. The molecule has 0 atom stereocenters. The minimum atomic E-state index is 0.440. The number of thiophene rings is 1. The largest absolute Gasteiger partial charge is 0.300 e. The maximum atomic E-state index is 11.1. The highest BCUT2D eigenvalue weighted by molar-refractivity contribution is 7.07. The number of hydrogen-bond acceptors (Lipinski definition) is 3. The molecular weight excluding hydrogens is 206 g/mol. The standard InChI is InChI=1S/C12H17NOS/c1-13(8-10-6-7-15-9-10)11-2-4-12(14)5-3-11/h6-7,9,11H,2-5,8H2,1H3. The number of nitrogens with zero attached hydrogens (tertiary/aromatic N) is 1. The number of carbonyl (C=O) groups is 1. The van der Waals surface area contributed by atoms with Crippen molar-refractivity contribution in [1.82, 2.24) is 4.90 Å². The van der Waals surface area contributed by atoms with Crippen LogP contribution in [0, 0.1) is 0 Å². The summed E-state index contributed by atoms with van der Waals surface area (Å²) < 4.78 is 0. The lowest BCUT2D eigenvalue weighted by atomic mass is 9.93. The Kier molecular flexibility index (Phi) is 3.54. The van der Waals surface area contributed by atoms with Crippen LogP contribution in [0.2, 0.25) is 0 Å². The van der Waals surface area contributed by atoms with E-state index in [9.17, 15) is 4.79 Å². The molecular formula is C12H17NOS. The van der Waals surface area contributed by atoms with Crippen molar-refractivity contribution in [2.24, 2.45) is 0 Å². The summed E-state index contributed by atoms with van der Waals surface area (Å²) in [6.07, 6.45) is 3.64. The summed E-state index contributed by atoms with van der Waals surface area (Å²) >= 11 is 1.75.